The number of halogens is 2. The normalized spacial score (nSPS) is 15.7. The van der Waals surface area contributed by atoms with Crippen LogP contribution in [0.3, 0.4) is 0 Å². The quantitative estimate of drug-likeness (QED) is 0.338. The number of benzene rings is 2. The predicted octanol–water partition coefficient (Wildman–Crippen LogP) is 2.46. The molecule has 0 bridgehead atoms. The van der Waals surface area contributed by atoms with E-state index in [-0.39, 0.29) is 42.9 Å². The van der Waals surface area contributed by atoms with Gasteiger partial charge in [-0.1, -0.05) is 30.3 Å². The third-order valence-corrected chi connectivity index (χ3v) is 4.68. The number of aliphatic hydroxyl groups is 1. The lowest BCUT2D eigenvalue weighted by Gasteiger charge is -2.36. The maximum absolute atomic E-state index is 13.0. The van der Waals surface area contributed by atoms with Crippen LogP contribution in [0.4, 0.5) is 10.1 Å². The lowest BCUT2D eigenvalue weighted by atomic mass is 10.2. The van der Waals surface area contributed by atoms with Crippen molar-refractivity contribution in [3.63, 3.8) is 0 Å². The van der Waals surface area contributed by atoms with E-state index in [1.165, 1.54) is 12.1 Å². The molecular formula is C21H28FIN4O2. The molecule has 8 heteroatoms. The van der Waals surface area contributed by atoms with Crippen LogP contribution in [0.2, 0.25) is 0 Å². The second-order valence-electron chi connectivity index (χ2n) is 6.80. The van der Waals surface area contributed by atoms with Gasteiger partial charge in [0.2, 0.25) is 0 Å². The number of hydrogen-bond donors (Lipinski definition) is 2. The molecule has 0 amide bonds. The zero-order valence-electron chi connectivity index (χ0n) is 16.3. The zero-order valence-corrected chi connectivity index (χ0v) is 18.6. The Hall–Kier alpha value is -1.91. The summed E-state index contributed by atoms with van der Waals surface area (Å²) >= 11 is 0. The molecule has 1 fully saturated rings. The number of aliphatic imine (C=N–C) groups is 1. The molecule has 1 saturated heterocycles. The lowest BCUT2D eigenvalue weighted by Crippen LogP contribution is -2.51. The third kappa shape index (κ3) is 7.45. The molecule has 3 N–H and O–H groups in total. The number of guanidine groups is 1. The van der Waals surface area contributed by atoms with Gasteiger partial charge in [0.05, 0.1) is 25.9 Å². The van der Waals surface area contributed by atoms with Crippen molar-refractivity contribution in [3.8, 4) is 0 Å². The molecule has 29 heavy (non-hydrogen) atoms. The molecule has 1 heterocycles. The van der Waals surface area contributed by atoms with Crippen molar-refractivity contribution in [2.75, 3.05) is 44.2 Å². The van der Waals surface area contributed by atoms with Crippen LogP contribution in [-0.4, -0.2) is 61.4 Å². The fourth-order valence-electron chi connectivity index (χ4n) is 3.08. The number of nitrogens with two attached hydrogens (primary N) is 1. The first-order chi connectivity index (χ1) is 13.6. The summed E-state index contributed by atoms with van der Waals surface area (Å²) in [4.78, 5) is 8.49. The largest absolute Gasteiger partial charge is 0.389 e. The summed E-state index contributed by atoms with van der Waals surface area (Å²) in [5.74, 6) is 0.200. The standard InChI is InChI=1S/C21H27FN4O2.HI/c22-18-6-8-19(9-7-18)25-10-12-26(13-11-25)21(23)24-14-20(27)16-28-15-17-4-2-1-3-5-17;/h1-9,20,27H,10-16H2,(H2,23,24);1H. The van der Waals surface area contributed by atoms with Gasteiger partial charge in [-0.25, -0.2) is 4.39 Å². The molecule has 3 rings (SSSR count). The number of anilines is 1. The Morgan fingerprint density at radius 1 is 1.07 bits per heavy atom. The molecule has 0 aromatic heterocycles. The van der Waals surface area contributed by atoms with Gasteiger partial charge >= 0.3 is 0 Å². The van der Waals surface area contributed by atoms with Crippen LogP contribution in [0, 0.1) is 5.82 Å². The molecule has 1 unspecified atom stereocenters. The van der Waals surface area contributed by atoms with Crippen LogP contribution in [-0.2, 0) is 11.3 Å². The first-order valence-corrected chi connectivity index (χ1v) is 9.47. The second-order valence-corrected chi connectivity index (χ2v) is 6.80. The van der Waals surface area contributed by atoms with Gasteiger partial charge in [-0.3, -0.25) is 4.99 Å². The SMILES string of the molecule is I.NC(=NCC(O)COCc1ccccc1)N1CCN(c2ccc(F)cc2)CC1. The molecule has 1 atom stereocenters. The van der Waals surface area contributed by atoms with E-state index in [4.69, 9.17) is 10.5 Å². The Morgan fingerprint density at radius 3 is 2.38 bits per heavy atom. The minimum Gasteiger partial charge on any atom is -0.389 e. The van der Waals surface area contributed by atoms with E-state index in [0.717, 1.165) is 37.4 Å². The van der Waals surface area contributed by atoms with E-state index in [1.54, 1.807) is 12.1 Å². The predicted molar refractivity (Wildman–Crippen MR) is 124 cm³/mol. The smallest absolute Gasteiger partial charge is 0.191 e. The van der Waals surface area contributed by atoms with Crippen molar-refractivity contribution >= 4 is 35.6 Å². The van der Waals surface area contributed by atoms with E-state index in [1.807, 2.05) is 35.2 Å². The molecule has 2 aromatic rings. The molecule has 1 aliphatic heterocycles. The van der Waals surface area contributed by atoms with Crippen LogP contribution in [0.1, 0.15) is 5.56 Å². The molecule has 158 valence electrons. The molecule has 0 radical (unpaired) electrons. The van der Waals surface area contributed by atoms with Gasteiger partial charge in [-0.05, 0) is 29.8 Å². The van der Waals surface area contributed by atoms with Gasteiger partial charge in [0.25, 0.3) is 0 Å². The number of aliphatic hydroxyl groups excluding tert-OH is 1. The van der Waals surface area contributed by atoms with Gasteiger partial charge in [0.15, 0.2) is 5.96 Å². The first kappa shape index (κ1) is 23.4. The van der Waals surface area contributed by atoms with Crippen molar-refractivity contribution in [2.45, 2.75) is 12.7 Å². The van der Waals surface area contributed by atoms with E-state index >= 15 is 0 Å². The highest BCUT2D eigenvalue weighted by molar-refractivity contribution is 14.0. The highest BCUT2D eigenvalue weighted by Gasteiger charge is 2.18. The Bertz CT molecular complexity index is 753. The van der Waals surface area contributed by atoms with E-state index in [9.17, 15) is 9.50 Å². The van der Waals surface area contributed by atoms with Crippen LogP contribution >= 0.6 is 24.0 Å². The maximum atomic E-state index is 13.0. The van der Waals surface area contributed by atoms with Crippen molar-refractivity contribution in [1.82, 2.24) is 4.90 Å². The molecule has 1 aliphatic rings. The Labute approximate surface area is 188 Å². The van der Waals surface area contributed by atoms with Crippen molar-refractivity contribution in [2.24, 2.45) is 10.7 Å². The number of piperazine rings is 1. The molecule has 2 aromatic carbocycles. The zero-order chi connectivity index (χ0) is 19.8. The van der Waals surface area contributed by atoms with E-state index < -0.39 is 6.10 Å². The minimum atomic E-state index is -0.692. The topological polar surface area (TPSA) is 74.3 Å². The van der Waals surface area contributed by atoms with Crippen LogP contribution in [0.15, 0.2) is 59.6 Å². The summed E-state index contributed by atoms with van der Waals surface area (Å²) in [6.07, 6.45) is -0.692. The number of rotatable bonds is 7. The summed E-state index contributed by atoms with van der Waals surface area (Å²) in [7, 11) is 0. The average molecular weight is 514 g/mol. The van der Waals surface area contributed by atoms with Crippen LogP contribution in [0.25, 0.3) is 0 Å². The summed E-state index contributed by atoms with van der Waals surface area (Å²) in [5.41, 5.74) is 8.15. The molecule has 0 saturated carbocycles. The first-order valence-electron chi connectivity index (χ1n) is 9.47. The van der Waals surface area contributed by atoms with E-state index in [0.29, 0.717) is 12.6 Å². The van der Waals surface area contributed by atoms with E-state index in [2.05, 4.69) is 9.89 Å². The number of hydrogen-bond acceptors (Lipinski definition) is 4. The fourth-order valence-corrected chi connectivity index (χ4v) is 3.08. The molecule has 6 nitrogen and oxygen atoms in total. The molecular weight excluding hydrogens is 486 g/mol. The Kier molecular flexibility index (Phi) is 9.62. The third-order valence-electron chi connectivity index (χ3n) is 4.68. The highest BCUT2D eigenvalue weighted by atomic mass is 127. The van der Waals surface area contributed by atoms with Gasteiger partial charge < -0.3 is 25.4 Å². The Morgan fingerprint density at radius 2 is 1.72 bits per heavy atom. The number of nitrogens with zero attached hydrogens (tertiary/aromatic N) is 3. The fraction of sp³-hybridized carbons (Fsp3) is 0.381. The summed E-state index contributed by atoms with van der Waals surface area (Å²) in [5, 5.41) is 10.0. The van der Waals surface area contributed by atoms with Crippen molar-refractivity contribution < 1.29 is 14.2 Å². The highest BCUT2D eigenvalue weighted by Crippen LogP contribution is 2.16. The number of ether oxygens (including phenoxy) is 1. The van der Waals surface area contributed by atoms with Gasteiger partial charge in [0.1, 0.15) is 5.82 Å². The van der Waals surface area contributed by atoms with Gasteiger partial charge in [0, 0.05) is 31.9 Å². The summed E-state index contributed by atoms with van der Waals surface area (Å²) < 4.78 is 18.6. The van der Waals surface area contributed by atoms with Crippen molar-refractivity contribution in [1.29, 1.82) is 0 Å². The minimum absolute atomic E-state index is 0. The van der Waals surface area contributed by atoms with Gasteiger partial charge in [-0.15, -0.1) is 24.0 Å². The van der Waals surface area contributed by atoms with Crippen molar-refractivity contribution in [3.05, 3.63) is 66.0 Å². The second kappa shape index (κ2) is 11.9. The Balaban J connectivity index is 0.00000300. The van der Waals surface area contributed by atoms with Crippen LogP contribution < -0.4 is 10.6 Å². The van der Waals surface area contributed by atoms with Crippen LogP contribution in [0.5, 0.6) is 0 Å². The maximum Gasteiger partial charge on any atom is 0.191 e. The molecule has 0 aliphatic carbocycles. The average Bonchev–Trinajstić information content (AvgIpc) is 2.73. The summed E-state index contributed by atoms with van der Waals surface area (Å²) in [6.45, 7) is 3.90. The summed E-state index contributed by atoms with van der Waals surface area (Å²) in [6, 6.07) is 16.3. The molecule has 0 spiro atoms. The van der Waals surface area contributed by atoms with Gasteiger partial charge in [-0.2, -0.15) is 0 Å². The monoisotopic (exact) mass is 514 g/mol. The lowest BCUT2D eigenvalue weighted by molar-refractivity contribution is 0.0330.